The minimum Gasteiger partial charge on any atom is -0.467 e. The van der Waals surface area contributed by atoms with E-state index in [-0.39, 0.29) is 36.9 Å². The predicted molar refractivity (Wildman–Crippen MR) is 96.4 cm³/mol. The van der Waals surface area contributed by atoms with Crippen molar-refractivity contribution < 1.29 is 38.5 Å². The van der Waals surface area contributed by atoms with Crippen LogP contribution in [0.5, 0.6) is 0 Å². The molecule has 1 aromatic rings. The van der Waals surface area contributed by atoms with Crippen molar-refractivity contribution in [1.29, 1.82) is 5.26 Å². The minimum atomic E-state index is -9.86. The molecule has 160 valence electrons. The number of hydrogen-bond donors (Lipinski definition) is 1. The number of ether oxygens (including phenoxy) is 2. The lowest BCUT2D eigenvalue weighted by Gasteiger charge is -2.47. The zero-order valence-electron chi connectivity index (χ0n) is 15.5. The van der Waals surface area contributed by atoms with Gasteiger partial charge in [0.25, 0.3) is 12.6 Å². The maximum atomic E-state index is 12.8. The molecular weight excluding hydrogens is 422 g/mol. The molecular formula is C16H18BF5N2O4S. The Balaban J connectivity index is 2.28. The van der Waals surface area contributed by atoms with Gasteiger partial charge in [0.15, 0.2) is 6.04 Å². The summed E-state index contributed by atoms with van der Waals surface area (Å²) in [5, 5.41) is 11.3. The van der Waals surface area contributed by atoms with Gasteiger partial charge in [-0.3, -0.25) is 4.79 Å². The number of benzene rings is 1. The number of hydrogen-bond acceptors (Lipinski definition) is 5. The zero-order chi connectivity index (χ0) is 22.2. The molecule has 1 aliphatic heterocycles. The summed E-state index contributed by atoms with van der Waals surface area (Å²) in [7, 11) is -8.79. The van der Waals surface area contributed by atoms with Crippen LogP contribution in [0.15, 0.2) is 29.2 Å². The van der Waals surface area contributed by atoms with Gasteiger partial charge in [0.05, 0.1) is 12.7 Å². The Kier molecular flexibility index (Phi) is 5.44. The molecule has 1 fully saturated rings. The Morgan fingerprint density at radius 1 is 1.24 bits per heavy atom. The highest BCUT2D eigenvalue weighted by atomic mass is 32.5. The fraction of sp³-hybridized carbons (Fsp3) is 0.438. The van der Waals surface area contributed by atoms with Gasteiger partial charge in [0, 0.05) is 18.1 Å². The lowest BCUT2D eigenvalue weighted by atomic mass is 9.30. The SMILES string of the molecule is CCOC1(C(NC(=O)c2ccc(S(F)(F)(F)(F)F)cc2)C(=O)OC)CB(C#N)C1. The smallest absolute Gasteiger partial charge is 0.331 e. The normalized spacial score (nSPS) is 19.0. The number of amides is 1. The molecule has 1 amide bonds. The number of methoxy groups -OCH3 is 1. The molecule has 0 bridgehead atoms. The highest BCUT2D eigenvalue weighted by molar-refractivity contribution is 8.45. The molecule has 1 atom stereocenters. The Morgan fingerprint density at radius 2 is 1.79 bits per heavy atom. The van der Waals surface area contributed by atoms with Crippen molar-refractivity contribution >= 4 is 28.8 Å². The van der Waals surface area contributed by atoms with E-state index >= 15 is 0 Å². The van der Waals surface area contributed by atoms with Crippen LogP contribution in [0, 0.1) is 11.2 Å². The average Bonchev–Trinajstić information content (AvgIpc) is 2.60. The van der Waals surface area contributed by atoms with Crippen LogP contribution in [0.1, 0.15) is 17.3 Å². The Labute approximate surface area is 164 Å². The first kappa shape index (κ1) is 23.0. The second-order valence-electron chi connectivity index (χ2n) is 6.66. The van der Waals surface area contributed by atoms with Crippen LogP contribution in [-0.2, 0) is 14.3 Å². The van der Waals surface area contributed by atoms with Gasteiger partial charge in [-0.2, -0.15) is 0 Å². The standard InChI is InChI=1S/C16H18BF5N2O4S/c1-3-28-16(8-17(9-16)10-23)13(15(26)27-2)24-14(25)11-4-6-12(7-5-11)29(18,19,20,21)22/h4-7,13H,3,8-9H2,1-2H3,(H,24,25). The van der Waals surface area contributed by atoms with Crippen molar-refractivity contribution in [3.05, 3.63) is 29.8 Å². The van der Waals surface area contributed by atoms with Crippen LogP contribution in [0.2, 0.25) is 12.6 Å². The van der Waals surface area contributed by atoms with E-state index in [9.17, 15) is 29.0 Å². The molecule has 1 heterocycles. The molecule has 0 radical (unpaired) electrons. The molecule has 1 saturated heterocycles. The van der Waals surface area contributed by atoms with E-state index in [0.717, 1.165) is 7.11 Å². The van der Waals surface area contributed by atoms with Gasteiger partial charge in [-0.05, 0) is 43.8 Å². The summed E-state index contributed by atoms with van der Waals surface area (Å²) in [6.45, 7) is 1.42. The van der Waals surface area contributed by atoms with Crippen LogP contribution in [0.25, 0.3) is 0 Å². The molecule has 0 aromatic heterocycles. The van der Waals surface area contributed by atoms with E-state index in [0.29, 0.717) is 12.1 Å². The Morgan fingerprint density at radius 3 is 2.21 bits per heavy atom. The summed E-state index contributed by atoms with van der Waals surface area (Å²) >= 11 is 0. The van der Waals surface area contributed by atoms with Crippen molar-refractivity contribution in [2.24, 2.45) is 0 Å². The highest BCUT2D eigenvalue weighted by Crippen LogP contribution is 3.02. The van der Waals surface area contributed by atoms with Crippen molar-refractivity contribution in [2.75, 3.05) is 13.7 Å². The van der Waals surface area contributed by atoms with Crippen molar-refractivity contribution in [3.8, 4) is 5.97 Å². The first-order chi connectivity index (χ1) is 13.2. The average molecular weight is 440 g/mol. The summed E-state index contributed by atoms with van der Waals surface area (Å²) in [5.41, 5.74) is -1.57. The van der Waals surface area contributed by atoms with Gasteiger partial charge >= 0.3 is 16.2 Å². The van der Waals surface area contributed by atoms with Gasteiger partial charge in [-0.15, -0.1) is 0 Å². The zero-order valence-corrected chi connectivity index (χ0v) is 16.3. The molecule has 1 aliphatic rings. The number of carbonyl (C=O) groups excluding carboxylic acids is 2. The van der Waals surface area contributed by atoms with Crippen molar-refractivity contribution in [3.63, 3.8) is 0 Å². The number of halogens is 5. The summed E-state index contributed by atoms with van der Waals surface area (Å²) in [6.07, 6.45) is 0.279. The van der Waals surface area contributed by atoms with E-state index < -0.39 is 45.4 Å². The van der Waals surface area contributed by atoms with E-state index in [4.69, 9.17) is 10.00 Å². The first-order valence-electron chi connectivity index (χ1n) is 8.42. The van der Waals surface area contributed by atoms with Gasteiger partial charge < -0.3 is 14.8 Å². The molecule has 13 heteroatoms. The van der Waals surface area contributed by atoms with E-state index in [1.54, 1.807) is 6.92 Å². The minimum absolute atomic E-state index is 0.108. The monoisotopic (exact) mass is 440 g/mol. The lowest BCUT2D eigenvalue weighted by molar-refractivity contribution is -0.153. The summed E-state index contributed by atoms with van der Waals surface area (Å²) in [4.78, 5) is 22.5. The molecule has 0 aliphatic carbocycles. The van der Waals surface area contributed by atoms with Crippen LogP contribution in [-0.4, -0.2) is 43.9 Å². The summed E-state index contributed by atoms with van der Waals surface area (Å²) < 4.78 is 74.3. The quantitative estimate of drug-likeness (QED) is 0.394. The third kappa shape index (κ3) is 5.00. The largest absolute Gasteiger partial charge is 0.467 e. The highest BCUT2D eigenvalue weighted by Gasteiger charge is 2.65. The Hall–Kier alpha value is -2.33. The van der Waals surface area contributed by atoms with Gasteiger partial charge in [-0.25, -0.2) is 10.1 Å². The molecule has 1 unspecified atom stereocenters. The Bertz CT molecular complexity index is 851. The first-order valence-corrected chi connectivity index (χ1v) is 10.4. The predicted octanol–water partition coefficient (Wildman–Crippen LogP) is 3.96. The summed E-state index contributed by atoms with van der Waals surface area (Å²) in [6, 6.07) is 0.0556. The molecule has 2 rings (SSSR count). The molecule has 29 heavy (non-hydrogen) atoms. The molecule has 0 spiro atoms. The third-order valence-corrected chi connectivity index (χ3v) is 5.76. The van der Waals surface area contributed by atoms with Crippen molar-refractivity contribution in [2.45, 2.75) is 36.1 Å². The molecule has 1 aromatic carbocycles. The van der Waals surface area contributed by atoms with Crippen LogP contribution in [0.3, 0.4) is 0 Å². The van der Waals surface area contributed by atoms with Gasteiger partial charge in [0.2, 0.25) is 0 Å². The lowest BCUT2D eigenvalue weighted by Crippen LogP contribution is -2.66. The number of nitrogens with zero attached hydrogens (tertiary/aromatic N) is 1. The fourth-order valence-corrected chi connectivity index (χ4v) is 3.84. The molecule has 0 saturated carbocycles. The van der Waals surface area contributed by atoms with E-state index in [1.807, 2.05) is 5.97 Å². The number of esters is 1. The number of rotatable bonds is 7. The van der Waals surface area contributed by atoms with Crippen LogP contribution < -0.4 is 5.32 Å². The van der Waals surface area contributed by atoms with Gasteiger partial charge in [-0.1, -0.05) is 19.4 Å². The van der Waals surface area contributed by atoms with Crippen LogP contribution in [0.4, 0.5) is 19.4 Å². The van der Waals surface area contributed by atoms with E-state index in [2.05, 4.69) is 10.1 Å². The summed E-state index contributed by atoms with van der Waals surface area (Å²) in [5.74, 6) is 0.173. The van der Waals surface area contributed by atoms with Crippen molar-refractivity contribution in [1.82, 2.24) is 5.32 Å². The van der Waals surface area contributed by atoms with Crippen LogP contribution >= 0.6 is 10.2 Å². The number of nitriles is 1. The van der Waals surface area contributed by atoms with E-state index in [1.165, 1.54) is 0 Å². The second-order valence-corrected chi connectivity index (χ2v) is 9.06. The fourth-order valence-electron chi connectivity index (χ4n) is 3.19. The van der Waals surface area contributed by atoms with Gasteiger partial charge in [0.1, 0.15) is 4.90 Å². The number of carbonyl (C=O) groups is 2. The molecule has 6 nitrogen and oxygen atoms in total. The molecule has 1 N–H and O–H groups in total. The maximum absolute atomic E-state index is 12.8. The number of nitrogens with one attached hydrogen (secondary N) is 1. The topological polar surface area (TPSA) is 88.4 Å². The second kappa shape index (κ2) is 6.88. The maximum Gasteiger partial charge on any atom is 0.331 e. The third-order valence-electron chi connectivity index (χ3n) is 4.60.